The molecule has 0 fully saturated rings. The maximum absolute atomic E-state index is 4.99. The third-order valence-corrected chi connectivity index (χ3v) is 1.29. The molecule has 0 unspecified atom stereocenters. The van der Waals surface area contributed by atoms with Crippen LogP contribution in [0.25, 0.3) is 0 Å². The van der Waals surface area contributed by atoms with E-state index in [-0.39, 0.29) is 8.98 Å². The second-order valence-electron chi connectivity index (χ2n) is 0.521. The largest absolute Gasteiger partial charge is 0.136 e. The highest BCUT2D eigenvalue weighted by Gasteiger charge is 1.88. The van der Waals surface area contributed by atoms with E-state index in [4.69, 9.17) is 46.4 Å². The molecule has 0 aliphatic heterocycles. The van der Waals surface area contributed by atoms with E-state index in [1.165, 1.54) is 0 Å². The van der Waals surface area contributed by atoms with Gasteiger partial charge in [-0.3, -0.25) is 0 Å². The molecule has 0 nitrogen and oxygen atoms in total. The van der Waals surface area contributed by atoms with Crippen LogP contribution in [0.3, 0.4) is 0 Å². The van der Waals surface area contributed by atoms with Crippen LogP contribution in [0.1, 0.15) is 0 Å². The van der Waals surface area contributed by atoms with Crippen molar-refractivity contribution in [3.8, 4) is 0 Å². The third-order valence-electron chi connectivity index (χ3n) is 0.143. The summed E-state index contributed by atoms with van der Waals surface area (Å²) >= 11 is 20.0. The zero-order chi connectivity index (χ0) is 13.2. The summed E-state index contributed by atoms with van der Waals surface area (Å²) < 4.78 is -0.198. The van der Waals surface area contributed by atoms with E-state index in [2.05, 4.69) is 52.6 Å². The summed E-state index contributed by atoms with van der Waals surface area (Å²) in [6.45, 7) is 24.0. The highest BCUT2D eigenvalue weighted by molar-refractivity contribution is 6.67. The van der Waals surface area contributed by atoms with Gasteiger partial charge in [-0.15, -0.1) is 52.6 Å². The molecule has 0 bridgehead atoms. The van der Waals surface area contributed by atoms with Gasteiger partial charge in [0, 0.05) is 0 Å². The molecule has 0 aromatic carbocycles. The second-order valence-corrected chi connectivity index (χ2v) is 2.42. The van der Waals surface area contributed by atoms with Crippen LogP contribution < -0.4 is 0 Å². The van der Waals surface area contributed by atoms with Gasteiger partial charge in [0.25, 0.3) is 0 Å². The van der Waals surface area contributed by atoms with E-state index in [0.717, 1.165) is 0 Å². The van der Waals surface area contributed by atoms with E-state index >= 15 is 0 Å². The van der Waals surface area contributed by atoms with Gasteiger partial charge in [-0.2, -0.15) is 0 Å². The van der Waals surface area contributed by atoms with Gasteiger partial charge in [0.05, 0.1) is 0 Å². The molecule has 0 aliphatic carbocycles. The predicted octanol–water partition coefficient (Wildman–Crippen LogP) is 6.28. The molecular weight excluding hydrogens is 262 g/mol. The van der Waals surface area contributed by atoms with Crippen molar-refractivity contribution in [2.45, 2.75) is 0 Å². The molecule has 0 rings (SSSR count). The molecule has 0 aromatic heterocycles. The molecule has 0 amide bonds. The average molecular weight is 278 g/mol. The third kappa shape index (κ3) is 93.9. The van der Waals surface area contributed by atoms with Gasteiger partial charge < -0.3 is 0 Å². The fourth-order valence-corrected chi connectivity index (χ4v) is 0. The van der Waals surface area contributed by atoms with E-state index < -0.39 is 0 Å². The molecule has 4 heteroatoms. The Morgan fingerprint density at radius 1 is 0.429 bits per heavy atom. The van der Waals surface area contributed by atoms with Crippen LogP contribution >= 0.6 is 46.4 Å². The molecule has 0 heterocycles. The Morgan fingerprint density at radius 2 is 0.500 bits per heavy atom. The average Bonchev–Trinajstić information content (AvgIpc) is 2.29. The van der Waals surface area contributed by atoms with Gasteiger partial charge >= 0.3 is 0 Å². The molecule has 0 aromatic rings. The fourth-order valence-electron chi connectivity index (χ4n) is 0. The molecular formula is C10H16Cl4. The quantitative estimate of drug-likeness (QED) is 0.457. The number of halogens is 4. The summed E-state index contributed by atoms with van der Waals surface area (Å²) in [5.74, 6) is 0. The van der Waals surface area contributed by atoms with Crippen LogP contribution in [0.4, 0.5) is 0 Å². The van der Waals surface area contributed by atoms with Crippen molar-refractivity contribution in [1.82, 2.24) is 0 Å². The minimum absolute atomic E-state index is 0.0988. The molecule has 84 valence electrons. The normalized spacial score (nSPS) is 4.57. The predicted molar refractivity (Wildman–Crippen MR) is 75.5 cm³/mol. The highest BCUT2D eigenvalue weighted by atomic mass is 35.5. The van der Waals surface area contributed by atoms with Crippen LogP contribution in [-0.4, -0.2) is 0 Å². The van der Waals surface area contributed by atoms with Crippen molar-refractivity contribution in [3.63, 3.8) is 0 Å². The summed E-state index contributed by atoms with van der Waals surface area (Å²) in [5, 5.41) is 0. The Morgan fingerprint density at radius 3 is 0.500 bits per heavy atom. The molecule has 0 radical (unpaired) electrons. The van der Waals surface area contributed by atoms with Gasteiger partial charge in [-0.1, -0.05) is 46.4 Å². The van der Waals surface area contributed by atoms with Crippen molar-refractivity contribution in [1.29, 1.82) is 0 Å². The monoisotopic (exact) mass is 276 g/mol. The lowest BCUT2D eigenvalue weighted by molar-refractivity contribution is 2.25. The lowest BCUT2D eigenvalue weighted by atomic mass is 11.2. The zero-order valence-corrected chi connectivity index (χ0v) is 11.2. The molecule has 14 heavy (non-hydrogen) atoms. The molecule has 0 atom stereocenters. The Balaban J connectivity index is -0.0000000287. The lowest BCUT2D eigenvalue weighted by Gasteiger charge is -1.75. The van der Waals surface area contributed by atoms with E-state index in [9.17, 15) is 0 Å². The molecule has 0 aliphatic rings. The summed E-state index contributed by atoms with van der Waals surface area (Å²) in [6.07, 6.45) is 0. The summed E-state index contributed by atoms with van der Waals surface area (Å²) in [7, 11) is 0. The second kappa shape index (κ2) is 52.7. The molecule has 0 spiro atoms. The molecule has 0 N–H and O–H groups in total. The van der Waals surface area contributed by atoms with E-state index in [1.807, 2.05) is 0 Å². The maximum atomic E-state index is 4.99. The summed E-state index contributed by atoms with van der Waals surface area (Å²) in [4.78, 5) is 0. The van der Waals surface area contributed by atoms with Crippen molar-refractivity contribution >= 4 is 46.4 Å². The van der Waals surface area contributed by atoms with Crippen LogP contribution in [0.15, 0.2) is 61.6 Å². The SMILES string of the molecule is C=C.C=C.C=C.C=C.ClC(Cl)=C(Cl)Cl. The lowest BCUT2D eigenvalue weighted by Crippen LogP contribution is -1.47. The van der Waals surface area contributed by atoms with E-state index in [0.29, 0.717) is 0 Å². The summed E-state index contributed by atoms with van der Waals surface area (Å²) in [6, 6.07) is 0. The number of hydrogen-bond acceptors (Lipinski definition) is 0. The van der Waals surface area contributed by atoms with Crippen LogP contribution in [0.5, 0.6) is 0 Å². The van der Waals surface area contributed by atoms with Crippen molar-refractivity contribution in [3.05, 3.63) is 61.6 Å². The summed E-state index contributed by atoms with van der Waals surface area (Å²) in [5.41, 5.74) is 0. The highest BCUT2D eigenvalue weighted by Crippen LogP contribution is 2.20. The topological polar surface area (TPSA) is 0 Å². The first-order chi connectivity index (χ1) is 6.64. The van der Waals surface area contributed by atoms with Crippen molar-refractivity contribution in [2.75, 3.05) is 0 Å². The van der Waals surface area contributed by atoms with E-state index in [1.54, 1.807) is 0 Å². The smallest absolute Gasteiger partial charge is 0.106 e. The van der Waals surface area contributed by atoms with Gasteiger partial charge in [0.15, 0.2) is 0 Å². The Labute approximate surface area is 108 Å². The van der Waals surface area contributed by atoms with Crippen LogP contribution in [0.2, 0.25) is 0 Å². The van der Waals surface area contributed by atoms with Gasteiger partial charge in [0.2, 0.25) is 0 Å². The first-order valence-corrected chi connectivity index (χ1v) is 4.52. The Hall–Kier alpha value is -0.140. The van der Waals surface area contributed by atoms with Crippen molar-refractivity contribution in [2.24, 2.45) is 0 Å². The van der Waals surface area contributed by atoms with Gasteiger partial charge in [0.1, 0.15) is 8.98 Å². The fraction of sp³-hybridized carbons (Fsp3) is 0. The first kappa shape index (κ1) is 29.2. The van der Waals surface area contributed by atoms with Crippen molar-refractivity contribution < 1.29 is 0 Å². The first-order valence-electron chi connectivity index (χ1n) is 3.01. The minimum Gasteiger partial charge on any atom is -0.106 e. The van der Waals surface area contributed by atoms with Crippen LogP contribution in [0, 0.1) is 0 Å². The Kier molecular flexibility index (Phi) is 110. The van der Waals surface area contributed by atoms with Crippen LogP contribution in [-0.2, 0) is 0 Å². The molecule has 0 saturated heterocycles. The van der Waals surface area contributed by atoms with Gasteiger partial charge in [-0.05, 0) is 0 Å². The maximum Gasteiger partial charge on any atom is 0.136 e. The Bertz CT molecular complexity index is 95.3. The zero-order valence-electron chi connectivity index (χ0n) is 8.17. The number of hydrogen-bond donors (Lipinski definition) is 0. The minimum atomic E-state index is -0.0988. The number of rotatable bonds is 0. The molecule has 0 saturated carbocycles. The van der Waals surface area contributed by atoms with Gasteiger partial charge in [-0.25, -0.2) is 0 Å². The standard InChI is InChI=1S/C2Cl4.4C2H4/c3-1(4)2(5)6;4*1-2/h;4*1-2H2.